The minimum absolute atomic E-state index is 0.257. The molecule has 0 saturated carbocycles. The maximum Gasteiger partial charge on any atom is 0.119 e. The van der Waals surface area contributed by atoms with Crippen LogP contribution in [0.5, 0.6) is 5.75 Å². The lowest BCUT2D eigenvalue weighted by molar-refractivity contribution is 0.340. The van der Waals surface area contributed by atoms with Crippen LogP contribution in [-0.2, 0) is 6.42 Å². The Labute approximate surface area is 135 Å². The quantitative estimate of drug-likeness (QED) is 0.735. The lowest BCUT2D eigenvalue weighted by Crippen LogP contribution is -2.08. The summed E-state index contributed by atoms with van der Waals surface area (Å²) >= 11 is 3.53. The van der Waals surface area contributed by atoms with E-state index in [0.29, 0.717) is 6.61 Å². The second-order valence-corrected chi connectivity index (χ2v) is 5.94. The van der Waals surface area contributed by atoms with Crippen molar-refractivity contribution in [2.75, 3.05) is 11.9 Å². The van der Waals surface area contributed by atoms with Crippen molar-refractivity contribution < 1.29 is 4.74 Å². The van der Waals surface area contributed by atoms with Crippen molar-refractivity contribution in [3.8, 4) is 5.75 Å². The molecule has 2 aromatic rings. The predicted molar refractivity (Wildman–Crippen MR) is 93.2 cm³/mol. The molecule has 21 heavy (non-hydrogen) atoms. The highest BCUT2D eigenvalue weighted by atomic mass is 79.9. The molecule has 0 bridgehead atoms. The van der Waals surface area contributed by atoms with Gasteiger partial charge >= 0.3 is 0 Å². The minimum atomic E-state index is 0.257. The van der Waals surface area contributed by atoms with E-state index in [1.807, 2.05) is 19.1 Å². The van der Waals surface area contributed by atoms with Gasteiger partial charge in [0, 0.05) is 16.2 Å². The highest BCUT2D eigenvalue weighted by Crippen LogP contribution is 2.26. The van der Waals surface area contributed by atoms with Gasteiger partial charge < -0.3 is 10.1 Å². The van der Waals surface area contributed by atoms with Crippen LogP contribution in [0.4, 0.5) is 5.69 Å². The second kappa shape index (κ2) is 7.51. The molecule has 0 fully saturated rings. The topological polar surface area (TPSA) is 21.3 Å². The normalized spacial score (nSPS) is 12.0. The third-order valence-electron chi connectivity index (χ3n) is 3.51. The average Bonchev–Trinajstić information content (AvgIpc) is 2.50. The van der Waals surface area contributed by atoms with Crippen molar-refractivity contribution in [3.63, 3.8) is 0 Å². The maximum absolute atomic E-state index is 5.48. The summed E-state index contributed by atoms with van der Waals surface area (Å²) in [5.74, 6) is 0.923. The van der Waals surface area contributed by atoms with Gasteiger partial charge in [-0.1, -0.05) is 35.0 Å². The van der Waals surface area contributed by atoms with Gasteiger partial charge in [0.05, 0.1) is 6.61 Å². The molecule has 0 spiro atoms. The lowest BCUT2D eigenvalue weighted by Gasteiger charge is -2.19. The summed E-state index contributed by atoms with van der Waals surface area (Å²) in [6.07, 6.45) is 1.01. The van der Waals surface area contributed by atoms with E-state index < -0.39 is 0 Å². The standard InChI is InChI=1S/C18H22BrNO/c1-4-14-12-16(19)8-11-18(14)20-13(3)15-6-9-17(10-7-15)21-5-2/h6-13,20H,4-5H2,1-3H3. The van der Waals surface area contributed by atoms with Gasteiger partial charge in [-0.25, -0.2) is 0 Å². The summed E-state index contributed by atoms with van der Waals surface area (Å²) in [6, 6.07) is 14.9. The zero-order valence-corrected chi connectivity index (χ0v) is 14.4. The smallest absolute Gasteiger partial charge is 0.119 e. The van der Waals surface area contributed by atoms with Crippen molar-refractivity contribution in [2.24, 2.45) is 0 Å². The van der Waals surface area contributed by atoms with Gasteiger partial charge in [-0.15, -0.1) is 0 Å². The van der Waals surface area contributed by atoms with Crippen LogP contribution in [0.3, 0.4) is 0 Å². The highest BCUT2D eigenvalue weighted by molar-refractivity contribution is 9.10. The molecule has 0 heterocycles. The van der Waals surface area contributed by atoms with Gasteiger partial charge in [-0.2, -0.15) is 0 Å². The Balaban J connectivity index is 2.12. The molecule has 0 saturated heterocycles. The Bertz CT molecular complexity index is 580. The third-order valence-corrected chi connectivity index (χ3v) is 4.00. The molecule has 2 nitrogen and oxygen atoms in total. The van der Waals surface area contributed by atoms with Crippen LogP contribution in [0.25, 0.3) is 0 Å². The maximum atomic E-state index is 5.48. The van der Waals surface area contributed by atoms with Crippen molar-refractivity contribution in [1.82, 2.24) is 0 Å². The SMILES string of the molecule is CCOc1ccc(C(C)Nc2ccc(Br)cc2CC)cc1. The fourth-order valence-electron chi connectivity index (χ4n) is 2.33. The molecule has 0 aromatic heterocycles. The fraction of sp³-hybridized carbons (Fsp3) is 0.333. The number of benzene rings is 2. The molecule has 2 rings (SSSR count). The van der Waals surface area contributed by atoms with E-state index in [0.717, 1.165) is 16.6 Å². The van der Waals surface area contributed by atoms with Gasteiger partial charge in [0.2, 0.25) is 0 Å². The highest BCUT2D eigenvalue weighted by Gasteiger charge is 2.08. The Morgan fingerprint density at radius 3 is 2.43 bits per heavy atom. The van der Waals surface area contributed by atoms with E-state index in [9.17, 15) is 0 Å². The number of nitrogens with one attached hydrogen (secondary N) is 1. The van der Waals surface area contributed by atoms with E-state index in [-0.39, 0.29) is 6.04 Å². The van der Waals surface area contributed by atoms with Crippen LogP contribution in [0.1, 0.15) is 37.9 Å². The number of aryl methyl sites for hydroxylation is 1. The molecule has 0 radical (unpaired) electrons. The molecule has 1 N–H and O–H groups in total. The molecular formula is C18H22BrNO. The summed E-state index contributed by atoms with van der Waals surface area (Å²) in [7, 11) is 0. The fourth-order valence-corrected chi connectivity index (χ4v) is 2.74. The van der Waals surface area contributed by atoms with Gasteiger partial charge in [-0.3, -0.25) is 0 Å². The summed E-state index contributed by atoms with van der Waals surface area (Å²) < 4.78 is 6.61. The third kappa shape index (κ3) is 4.24. The van der Waals surface area contributed by atoms with E-state index in [2.05, 4.69) is 65.4 Å². The Kier molecular flexibility index (Phi) is 5.68. The first-order valence-electron chi connectivity index (χ1n) is 7.41. The van der Waals surface area contributed by atoms with Gasteiger partial charge in [0.1, 0.15) is 5.75 Å². The molecule has 3 heteroatoms. The first-order chi connectivity index (χ1) is 10.1. The van der Waals surface area contributed by atoms with Crippen LogP contribution >= 0.6 is 15.9 Å². The van der Waals surface area contributed by atoms with E-state index in [1.165, 1.54) is 16.8 Å². The second-order valence-electron chi connectivity index (χ2n) is 5.02. The average molecular weight is 348 g/mol. The molecule has 0 aliphatic carbocycles. The largest absolute Gasteiger partial charge is 0.494 e. The number of halogens is 1. The number of hydrogen-bond acceptors (Lipinski definition) is 2. The summed E-state index contributed by atoms with van der Waals surface area (Å²) in [5.41, 5.74) is 3.77. The Morgan fingerprint density at radius 2 is 1.81 bits per heavy atom. The van der Waals surface area contributed by atoms with Crippen molar-refractivity contribution in [2.45, 2.75) is 33.2 Å². The summed E-state index contributed by atoms with van der Waals surface area (Å²) in [5, 5.41) is 3.59. The zero-order chi connectivity index (χ0) is 15.2. The molecule has 1 unspecified atom stereocenters. The molecule has 112 valence electrons. The van der Waals surface area contributed by atoms with Crippen LogP contribution < -0.4 is 10.1 Å². The van der Waals surface area contributed by atoms with Crippen LogP contribution in [0.15, 0.2) is 46.9 Å². The molecular weight excluding hydrogens is 326 g/mol. The van der Waals surface area contributed by atoms with Crippen molar-refractivity contribution in [1.29, 1.82) is 0 Å². The zero-order valence-electron chi connectivity index (χ0n) is 12.8. The first-order valence-corrected chi connectivity index (χ1v) is 8.21. The number of anilines is 1. The monoisotopic (exact) mass is 347 g/mol. The first kappa shape index (κ1) is 15.9. The Hall–Kier alpha value is -1.48. The van der Waals surface area contributed by atoms with Crippen LogP contribution in [0.2, 0.25) is 0 Å². The van der Waals surface area contributed by atoms with Gasteiger partial charge in [0.25, 0.3) is 0 Å². The number of hydrogen-bond donors (Lipinski definition) is 1. The lowest BCUT2D eigenvalue weighted by atomic mass is 10.1. The predicted octanol–water partition coefficient (Wildman–Crippen LogP) is 5.58. The molecule has 1 atom stereocenters. The number of ether oxygens (including phenoxy) is 1. The van der Waals surface area contributed by atoms with Gasteiger partial charge in [0.15, 0.2) is 0 Å². The minimum Gasteiger partial charge on any atom is -0.494 e. The molecule has 0 aliphatic rings. The van der Waals surface area contributed by atoms with Crippen molar-refractivity contribution in [3.05, 3.63) is 58.1 Å². The van der Waals surface area contributed by atoms with Crippen LogP contribution in [-0.4, -0.2) is 6.61 Å². The van der Waals surface area contributed by atoms with E-state index in [4.69, 9.17) is 4.74 Å². The van der Waals surface area contributed by atoms with Crippen LogP contribution in [0, 0.1) is 0 Å². The van der Waals surface area contributed by atoms with E-state index >= 15 is 0 Å². The molecule has 0 amide bonds. The summed E-state index contributed by atoms with van der Waals surface area (Å²) in [6.45, 7) is 7.05. The number of rotatable bonds is 6. The summed E-state index contributed by atoms with van der Waals surface area (Å²) in [4.78, 5) is 0. The Morgan fingerprint density at radius 1 is 1.10 bits per heavy atom. The molecule has 2 aromatic carbocycles. The van der Waals surface area contributed by atoms with E-state index in [1.54, 1.807) is 0 Å². The van der Waals surface area contributed by atoms with Crippen molar-refractivity contribution >= 4 is 21.6 Å². The van der Waals surface area contributed by atoms with Gasteiger partial charge in [-0.05, 0) is 61.7 Å². The molecule has 0 aliphatic heterocycles.